The number of benzene rings is 1. The summed E-state index contributed by atoms with van der Waals surface area (Å²) in [5.41, 5.74) is 1.41. The summed E-state index contributed by atoms with van der Waals surface area (Å²) < 4.78 is 0.671. The summed E-state index contributed by atoms with van der Waals surface area (Å²) in [7, 11) is 0. The highest BCUT2D eigenvalue weighted by Gasteiger charge is 2.12. The van der Waals surface area contributed by atoms with Crippen molar-refractivity contribution in [2.45, 2.75) is 0 Å². The minimum Gasteiger partial charge on any atom is -0.228 e. The van der Waals surface area contributed by atoms with Crippen molar-refractivity contribution in [3.63, 3.8) is 0 Å². The quantitative estimate of drug-likeness (QED) is 0.755. The molecule has 0 bridgehead atoms. The van der Waals surface area contributed by atoms with Gasteiger partial charge in [0.25, 0.3) is 0 Å². The van der Waals surface area contributed by atoms with Crippen LogP contribution in [0.1, 0.15) is 4.88 Å². The maximum atomic E-state index is 8.96. The van der Waals surface area contributed by atoms with Crippen molar-refractivity contribution in [2.75, 3.05) is 0 Å². The van der Waals surface area contributed by atoms with Crippen LogP contribution in [0.15, 0.2) is 22.1 Å². The Morgan fingerprint density at radius 3 is 2.69 bits per heavy atom. The third-order valence-electron chi connectivity index (χ3n) is 1.90. The van der Waals surface area contributed by atoms with Gasteiger partial charge in [0.1, 0.15) is 16.6 Å². The van der Waals surface area contributed by atoms with Crippen molar-refractivity contribution < 1.29 is 0 Å². The van der Waals surface area contributed by atoms with E-state index in [2.05, 4.69) is 27.0 Å². The molecule has 1 aromatic carbocycles. The first kappa shape index (κ1) is 11.9. The molecule has 0 amide bonds. The third-order valence-corrected chi connectivity index (χ3v) is 4.05. The third kappa shape index (κ3) is 2.23. The first-order valence-corrected chi connectivity index (χ1v) is 6.50. The van der Waals surface area contributed by atoms with Gasteiger partial charge in [-0.25, -0.2) is 4.98 Å². The standard InChI is InChI=1S/C10H3BrCl2N2S/c11-10-15-9(8(4-14)16-10)5-1-2-6(12)7(13)3-5/h1-3H. The summed E-state index contributed by atoms with van der Waals surface area (Å²) in [6, 6.07) is 7.28. The molecule has 0 saturated carbocycles. The molecule has 2 nitrogen and oxygen atoms in total. The van der Waals surface area contributed by atoms with E-state index in [9.17, 15) is 0 Å². The second-order valence-corrected chi connectivity index (χ2v) is 5.97. The molecule has 0 spiro atoms. The molecule has 0 radical (unpaired) electrons. The Morgan fingerprint density at radius 1 is 1.31 bits per heavy atom. The van der Waals surface area contributed by atoms with E-state index in [1.807, 2.05) is 0 Å². The summed E-state index contributed by atoms with van der Waals surface area (Å²) in [4.78, 5) is 4.78. The molecule has 0 unspecified atom stereocenters. The largest absolute Gasteiger partial charge is 0.228 e. The van der Waals surface area contributed by atoms with E-state index in [1.165, 1.54) is 11.3 Å². The molecule has 80 valence electrons. The molecule has 16 heavy (non-hydrogen) atoms. The molecule has 0 atom stereocenters. The molecule has 1 aromatic heterocycles. The first-order chi connectivity index (χ1) is 7.61. The van der Waals surface area contributed by atoms with Crippen molar-refractivity contribution in [1.29, 1.82) is 5.26 Å². The molecule has 0 aliphatic carbocycles. The van der Waals surface area contributed by atoms with Gasteiger partial charge < -0.3 is 0 Å². The topological polar surface area (TPSA) is 36.7 Å². The molecule has 6 heteroatoms. The highest BCUT2D eigenvalue weighted by atomic mass is 79.9. The van der Waals surface area contributed by atoms with Crippen LogP contribution in [0.5, 0.6) is 0 Å². The average Bonchev–Trinajstić information content (AvgIpc) is 2.63. The van der Waals surface area contributed by atoms with Crippen LogP contribution in [0, 0.1) is 11.3 Å². The van der Waals surface area contributed by atoms with Gasteiger partial charge in [0.2, 0.25) is 0 Å². The van der Waals surface area contributed by atoms with Gasteiger partial charge in [-0.1, -0.05) is 40.6 Å². The van der Waals surface area contributed by atoms with Gasteiger partial charge in [-0.2, -0.15) is 5.26 Å². The Labute approximate surface area is 115 Å². The number of nitrogens with zero attached hydrogens (tertiary/aromatic N) is 2. The van der Waals surface area contributed by atoms with Crippen molar-refractivity contribution in [3.8, 4) is 17.3 Å². The molecule has 2 rings (SSSR count). The zero-order chi connectivity index (χ0) is 11.7. The SMILES string of the molecule is N#Cc1sc(Br)nc1-c1ccc(Cl)c(Cl)c1. The molecule has 0 aliphatic rings. The van der Waals surface area contributed by atoms with Gasteiger partial charge in [0.05, 0.1) is 10.0 Å². The lowest BCUT2D eigenvalue weighted by molar-refractivity contribution is 1.36. The minimum absolute atomic E-state index is 0.451. The summed E-state index contributed by atoms with van der Waals surface area (Å²) in [6.45, 7) is 0. The van der Waals surface area contributed by atoms with E-state index in [0.717, 1.165) is 5.56 Å². The van der Waals surface area contributed by atoms with Crippen LogP contribution in [0.3, 0.4) is 0 Å². The fourth-order valence-corrected chi connectivity index (χ4v) is 2.78. The first-order valence-electron chi connectivity index (χ1n) is 4.13. The number of rotatable bonds is 1. The number of thiazole rings is 1. The fourth-order valence-electron chi connectivity index (χ4n) is 1.21. The number of halogens is 3. The second kappa shape index (κ2) is 4.72. The Balaban J connectivity index is 2.59. The molecular weight excluding hydrogens is 331 g/mol. The van der Waals surface area contributed by atoms with Crippen molar-refractivity contribution in [2.24, 2.45) is 0 Å². The Hall–Kier alpha value is -0.600. The smallest absolute Gasteiger partial charge is 0.161 e. The lowest BCUT2D eigenvalue weighted by Crippen LogP contribution is -1.81. The Kier molecular flexibility index (Phi) is 3.50. The van der Waals surface area contributed by atoms with E-state index in [4.69, 9.17) is 28.5 Å². The van der Waals surface area contributed by atoms with E-state index in [1.54, 1.807) is 18.2 Å². The van der Waals surface area contributed by atoms with Crippen LogP contribution in [0.2, 0.25) is 10.0 Å². The predicted octanol–water partition coefficient (Wildman–Crippen LogP) is 4.75. The van der Waals surface area contributed by atoms with Gasteiger partial charge in [0, 0.05) is 5.56 Å². The van der Waals surface area contributed by atoms with Crippen molar-refractivity contribution in [3.05, 3.63) is 37.0 Å². The highest BCUT2D eigenvalue weighted by molar-refractivity contribution is 9.11. The van der Waals surface area contributed by atoms with Crippen LogP contribution in [-0.4, -0.2) is 4.98 Å². The molecule has 0 aliphatic heterocycles. The lowest BCUT2D eigenvalue weighted by Gasteiger charge is -2.00. The number of hydrogen-bond acceptors (Lipinski definition) is 3. The fraction of sp³-hybridized carbons (Fsp3) is 0. The second-order valence-electron chi connectivity index (χ2n) is 2.89. The summed E-state index contributed by atoms with van der Waals surface area (Å²) >= 11 is 16.3. The lowest BCUT2D eigenvalue weighted by atomic mass is 10.1. The predicted molar refractivity (Wildman–Crippen MR) is 70.0 cm³/mol. The Bertz CT molecular complexity index is 589. The zero-order valence-corrected chi connectivity index (χ0v) is 11.6. The van der Waals surface area contributed by atoms with Crippen LogP contribution >= 0.6 is 50.5 Å². The molecular formula is C10H3BrCl2N2S. The highest BCUT2D eigenvalue weighted by Crippen LogP contribution is 2.33. The molecule has 2 aromatic rings. The Morgan fingerprint density at radius 2 is 2.06 bits per heavy atom. The summed E-state index contributed by atoms with van der Waals surface area (Å²) in [6.07, 6.45) is 0. The molecule has 1 heterocycles. The van der Waals surface area contributed by atoms with Crippen LogP contribution in [0.25, 0.3) is 11.3 Å². The summed E-state index contributed by atoms with van der Waals surface area (Å²) in [5.74, 6) is 0. The monoisotopic (exact) mass is 332 g/mol. The van der Waals surface area contributed by atoms with Crippen molar-refractivity contribution >= 4 is 50.5 Å². The van der Waals surface area contributed by atoms with Crippen LogP contribution in [-0.2, 0) is 0 Å². The number of nitriles is 1. The molecule has 0 saturated heterocycles. The average molecular weight is 334 g/mol. The van der Waals surface area contributed by atoms with Gasteiger partial charge in [-0.15, -0.1) is 0 Å². The zero-order valence-electron chi connectivity index (χ0n) is 7.67. The maximum absolute atomic E-state index is 8.96. The van der Waals surface area contributed by atoms with Gasteiger partial charge in [-0.05, 0) is 28.1 Å². The van der Waals surface area contributed by atoms with Gasteiger partial charge >= 0.3 is 0 Å². The number of hydrogen-bond donors (Lipinski definition) is 0. The summed E-state index contributed by atoms with van der Waals surface area (Å²) in [5, 5.41) is 9.89. The number of aromatic nitrogens is 1. The van der Waals surface area contributed by atoms with E-state index >= 15 is 0 Å². The van der Waals surface area contributed by atoms with E-state index in [-0.39, 0.29) is 0 Å². The minimum atomic E-state index is 0.451. The van der Waals surface area contributed by atoms with Crippen LogP contribution in [0.4, 0.5) is 0 Å². The van der Waals surface area contributed by atoms with Crippen LogP contribution < -0.4 is 0 Å². The van der Waals surface area contributed by atoms with Crippen molar-refractivity contribution in [1.82, 2.24) is 4.98 Å². The van der Waals surface area contributed by atoms with E-state index < -0.39 is 0 Å². The normalized spacial score (nSPS) is 10.1. The van der Waals surface area contributed by atoms with E-state index in [0.29, 0.717) is 24.5 Å². The van der Waals surface area contributed by atoms with Gasteiger partial charge in [0.15, 0.2) is 3.92 Å². The maximum Gasteiger partial charge on any atom is 0.161 e. The molecule has 0 N–H and O–H groups in total. The van der Waals surface area contributed by atoms with Gasteiger partial charge in [-0.3, -0.25) is 0 Å². The molecule has 0 fully saturated rings.